The van der Waals surface area contributed by atoms with E-state index >= 15 is 0 Å². The second-order valence-corrected chi connectivity index (χ2v) is 5.69. The van der Waals surface area contributed by atoms with Crippen molar-refractivity contribution in [2.45, 2.75) is 58.4 Å². The molecule has 0 bridgehead atoms. The van der Waals surface area contributed by atoms with Crippen LogP contribution < -0.4 is 16.0 Å². The van der Waals surface area contributed by atoms with Gasteiger partial charge in [-0.3, -0.25) is 4.79 Å². The molecule has 1 aliphatic rings. The maximum absolute atomic E-state index is 11.6. The first kappa shape index (κ1) is 15.8. The summed E-state index contributed by atoms with van der Waals surface area (Å²) in [6, 6.07) is 0.0338. The standard InChI is InChI=1S/C14H27N3O2/c1-11(2)8-9-15-14(19)16-10-13(18)17-12-6-4-3-5-7-12/h11-12H,3-10H2,1-2H3,(H,17,18)(H2,15,16,19). The van der Waals surface area contributed by atoms with Crippen molar-refractivity contribution < 1.29 is 9.59 Å². The van der Waals surface area contributed by atoms with Crippen LogP contribution in [0.4, 0.5) is 4.79 Å². The van der Waals surface area contributed by atoms with Crippen LogP contribution in [-0.2, 0) is 4.79 Å². The van der Waals surface area contributed by atoms with Gasteiger partial charge >= 0.3 is 6.03 Å². The highest BCUT2D eigenvalue weighted by molar-refractivity contribution is 5.84. The summed E-state index contributed by atoms with van der Waals surface area (Å²) in [4.78, 5) is 23.1. The molecule has 1 saturated carbocycles. The predicted molar refractivity (Wildman–Crippen MR) is 75.9 cm³/mol. The molecule has 0 aromatic carbocycles. The molecule has 19 heavy (non-hydrogen) atoms. The van der Waals surface area contributed by atoms with Gasteiger partial charge < -0.3 is 16.0 Å². The second-order valence-electron chi connectivity index (χ2n) is 5.69. The number of urea groups is 1. The number of carbonyl (C=O) groups is 2. The van der Waals surface area contributed by atoms with Gasteiger partial charge in [0, 0.05) is 12.6 Å². The van der Waals surface area contributed by atoms with Gasteiger partial charge in [-0.25, -0.2) is 4.79 Å². The number of carbonyl (C=O) groups excluding carboxylic acids is 2. The normalized spacial score (nSPS) is 16.2. The van der Waals surface area contributed by atoms with E-state index in [0.29, 0.717) is 18.5 Å². The van der Waals surface area contributed by atoms with E-state index in [2.05, 4.69) is 29.8 Å². The third-order valence-electron chi connectivity index (χ3n) is 3.39. The molecule has 1 aliphatic carbocycles. The summed E-state index contributed by atoms with van der Waals surface area (Å²) < 4.78 is 0. The molecule has 3 N–H and O–H groups in total. The first-order valence-corrected chi connectivity index (χ1v) is 7.39. The van der Waals surface area contributed by atoms with Crippen LogP contribution in [0.3, 0.4) is 0 Å². The molecule has 0 radical (unpaired) electrons. The predicted octanol–water partition coefficient (Wildman–Crippen LogP) is 1.78. The lowest BCUT2D eigenvalue weighted by Gasteiger charge is -2.22. The van der Waals surface area contributed by atoms with Crippen LogP contribution in [0.5, 0.6) is 0 Å². The van der Waals surface area contributed by atoms with Crippen LogP contribution in [0, 0.1) is 5.92 Å². The maximum Gasteiger partial charge on any atom is 0.315 e. The minimum atomic E-state index is -0.264. The molecule has 1 rings (SSSR count). The van der Waals surface area contributed by atoms with Gasteiger partial charge in [0.05, 0.1) is 6.54 Å². The molecule has 0 aromatic rings. The summed E-state index contributed by atoms with van der Waals surface area (Å²) in [5.74, 6) is 0.473. The fourth-order valence-corrected chi connectivity index (χ4v) is 2.22. The molecule has 0 heterocycles. The Labute approximate surface area is 115 Å². The summed E-state index contributed by atoms with van der Waals surface area (Å²) in [6.07, 6.45) is 6.71. The number of amides is 3. The number of nitrogens with one attached hydrogen (secondary N) is 3. The van der Waals surface area contributed by atoms with E-state index in [1.54, 1.807) is 0 Å². The Hall–Kier alpha value is -1.26. The van der Waals surface area contributed by atoms with E-state index in [4.69, 9.17) is 0 Å². The number of rotatable bonds is 6. The second kappa shape index (κ2) is 8.77. The molecule has 0 saturated heterocycles. The molecule has 0 unspecified atom stereocenters. The Morgan fingerprint density at radius 1 is 1.11 bits per heavy atom. The van der Waals surface area contributed by atoms with Gasteiger partial charge in [0.25, 0.3) is 0 Å². The SMILES string of the molecule is CC(C)CCNC(=O)NCC(=O)NC1CCCCC1. The van der Waals surface area contributed by atoms with Crippen molar-refractivity contribution in [1.82, 2.24) is 16.0 Å². The summed E-state index contributed by atoms with van der Waals surface area (Å²) >= 11 is 0. The van der Waals surface area contributed by atoms with Crippen LogP contribution in [0.25, 0.3) is 0 Å². The van der Waals surface area contributed by atoms with Crippen LogP contribution in [0.2, 0.25) is 0 Å². The average Bonchev–Trinajstić information content (AvgIpc) is 2.37. The summed E-state index contributed by atoms with van der Waals surface area (Å²) in [6.45, 7) is 4.92. The molecule has 110 valence electrons. The molecule has 3 amide bonds. The summed E-state index contributed by atoms with van der Waals surface area (Å²) in [5.41, 5.74) is 0. The Kier molecular flexibility index (Phi) is 7.30. The number of hydrogen-bond acceptors (Lipinski definition) is 2. The lowest BCUT2D eigenvalue weighted by Crippen LogP contribution is -2.45. The van der Waals surface area contributed by atoms with E-state index < -0.39 is 0 Å². The van der Waals surface area contributed by atoms with Crippen LogP contribution in [0.1, 0.15) is 52.4 Å². The molecule has 0 aliphatic heterocycles. The van der Waals surface area contributed by atoms with Crippen LogP contribution in [-0.4, -0.2) is 31.1 Å². The number of hydrogen-bond donors (Lipinski definition) is 3. The smallest absolute Gasteiger partial charge is 0.315 e. The zero-order valence-corrected chi connectivity index (χ0v) is 12.1. The van der Waals surface area contributed by atoms with E-state index in [1.165, 1.54) is 19.3 Å². The molecule has 1 fully saturated rings. The highest BCUT2D eigenvalue weighted by atomic mass is 16.2. The molecular weight excluding hydrogens is 242 g/mol. The molecule has 0 aromatic heterocycles. The van der Waals surface area contributed by atoms with E-state index in [1.807, 2.05) is 0 Å². The van der Waals surface area contributed by atoms with Gasteiger partial charge in [0.1, 0.15) is 0 Å². The quantitative estimate of drug-likeness (QED) is 0.688. The highest BCUT2D eigenvalue weighted by Crippen LogP contribution is 2.16. The Balaban J connectivity index is 2.06. The van der Waals surface area contributed by atoms with Crippen LogP contribution >= 0.6 is 0 Å². The van der Waals surface area contributed by atoms with Crippen molar-refractivity contribution in [3.63, 3.8) is 0 Å². The topological polar surface area (TPSA) is 70.2 Å². The first-order valence-electron chi connectivity index (χ1n) is 7.39. The van der Waals surface area contributed by atoms with Gasteiger partial charge in [-0.2, -0.15) is 0 Å². The zero-order chi connectivity index (χ0) is 14.1. The monoisotopic (exact) mass is 269 g/mol. The lowest BCUT2D eigenvalue weighted by molar-refractivity contribution is -0.121. The molecule has 0 spiro atoms. The van der Waals surface area contributed by atoms with Crippen LogP contribution in [0.15, 0.2) is 0 Å². The van der Waals surface area contributed by atoms with E-state index in [-0.39, 0.29) is 18.5 Å². The average molecular weight is 269 g/mol. The summed E-state index contributed by atoms with van der Waals surface area (Å²) in [5, 5.41) is 8.29. The Morgan fingerprint density at radius 2 is 1.79 bits per heavy atom. The lowest BCUT2D eigenvalue weighted by atomic mass is 9.95. The maximum atomic E-state index is 11.6. The van der Waals surface area contributed by atoms with E-state index in [9.17, 15) is 9.59 Å². The first-order chi connectivity index (χ1) is 9.08. The Morgan fingerprint density at radius 3 is 2.42 bits per heavy atom. The van der Waals surface area contributed by atoms with Crippen molar-refractivity contribution in [3.05, 3.63) is 0 Å². The van der Waals surface area contributed by atoms with E-state index in [0.717, 1.165) is 19.3 Å². The highest BCUT2D eigenvalue weighted by Gasteiger charge is 2.15. The molecule has 5 heteroatoms. The van der Waals surface area contributed by atoms with Gasteiger partial charge in [0.2, 0.25) is 5.91 Å². The summed E-state index contributed by atoms with van der Waals surface area (Å²) in [7, 11) is 0. The fourth-order valence-electron chi connectivity index (χ4n) is 2.22. The third kappa shape index (κ3) is 7.70. The van der Waals surface area contributed by atoms with Crippen molar-refractivity contribution >= 4 is 11.9 Å². The largest absolute Gasteiger partial charge is 0.352 e. The van der Waals surface area contributed by atoms with Gasteiger partial charge in [-0.15, -0.1) is 0 Å². The molecule has 0 atom stereocenters. The Bertz CT molecular complexity index is 286. The van der Waals surface area contributed by atoms with Crippen molar-refractivity contribution in [3.8, 4) is 0 Å². The van der Waals surface area contributed by atoms with Gasteiger partial charge in [0.15, 0.2) is 0 Å². The minimum Gasteiger partial charge on any atom is -0.352 e. The molecule has 5 nitrogen and oxygen atoms in total. The van der Waals surface area contributed by atoms with Gasteiger partial charge in [-0.05, 0) is 25.2 Å². The minimum absolute atomic E-state index is 0.0595. The van der Waals surface area contributed by atoms with Crippen molar-refractivity contribution in [2.24, 2.45) is 5.92 Å². The fraction of sp³-hybridized carbons (Fsp3) is 0.857. The molecular formula is C14H27N3O2. The van der Waals surface area contributed by atoms with Gasteiger partial charge in [-0.1, -0.05) is 33.1 Å². The third-order valence-corrected chi connectivity index (χ3v) is 3.39. The zero-order valence-electron chi connectivity index (χ0n) is 12.1. The van der Waals surface area contributed by atoms with Crippen molar-refractivity contribution in [1.29, 1.82) is 0 Å². The van der Waals surface area contributed by atoms with Crippen molar-refractivity contribution in [2.75, 3.05) is 13.1 Å².